The van der Waals surface area contributed by atoms with E-state index in [9.17, 15) is 9.59 Å². The molecular formula is C15H14ClNO4. The third-order valence-corrected chi connectivity index (χ3v) is 4.24. The fourth-order valence-corrected chi connectivity index (χ4v) is 2.96. The van der Waals surface area contributed by atoms with Gasteiger partial charge >= 0.3 is 11.7 Å². The molecule has 2 aromatic rings. The third kappa shape index (κ3) is 2.17. The number of hydrogen-bond donors (Lipinski definition) is 0. The number of allylic oxidation sites excluding steroid dienone is 1. The molecule has 0 aliphatic heterocycles. The Kier molecular flexibility index (Phi) is 3.17. The summed E-state index contributed by atoms with van der Waals surface area (Å²) >= 11 is 6.22. The van der Waals surface area contributed by atoms with E-state index in [0.717, 1.165) is 17.6 Å². The zero-order valence-electron chi connectivity index (χ0n) is 11.7. The van der Waals surface area contributed by atoms with E-state index in [1.807, 2.05) is 0 Å². The Hall–Kier alpha value is -2.01. The molecule has 3 rings (SSSR count). The van der Waals surface area contributed by atoms with Gasteiger partial charge in [-0.15, -0.1) is 0 Å². The number of ether oxygens (including phenoxy) is 1. The molecule has 0 radical (unpaired) electrons. The Bertz CT molecular complexity index is 817. The van der Waals surface area contributed by atoms with Crippen molar-refractivity contribution in [1.29, 1.82) is 0 Å². The number of aryl methyl sites for hydroxylation is 1. The van der Waals surface area contributed by atoms with Crippen molar-refractivity contribution in [2.75, 3.05) is 7.11 Å². The number of nitrogens with zero attached hydrogens (tertiary/aromatic N) is 1. The number of oxazole rings is 1. The molecule has 0 N–H and O–H groups in total. The zero-order valence-corrected chi connectivity index (χ0v) is 12.4. The lowest BCUT2D eigenvalue weighted by Gasteiger charge is -2.06. The van der Waals surface area contributed by atoms with Gasteiger partial charge in [0.05, 0.1) is 18.1 Å². The maximum Gasteiger partial charge on any atom is 0.419 e. The number of rotatable bonds is 3. The van der Waals surface area contributed by atoms with Crippen LogP contribution in [0.5, 0.6) is 0 Å². The minimum Gasteiger partial charge on any atom is -0.469 e. The average Bonchev–Trinajstić information content (AvgIpc) is 3.19. The van der Waals surface area contributed by atoms with E-state index < -0.39 is 5.76 Å². The van der Waals surface area contributed by atoms with E-state index in [2.05, 4.69) is 6.58 Å². The largest absolute Gasteiger partial charge is 0.469 e. The summed E-state index contributed by atoms with van der Waals surface area (Å²) in [5, 5.41) is 0.423. The van der Waals surface area contributed by atoms with Crippen LogP contribution in [-0.4, -0.2) is 17.6 Å². The van der Waals surface area contributed by atoms with E-state index in [4.69, 9.17) is 20.8 Å². The normalized spacial score (nSPS) is 20.5. The Labute approximate surface area is 125 Å². The van der Waals surface area contributed by atoms with Crippen molar-refractivity contribution in [3.63, 3.8) is 0 Å². The maximum absolute atomic E-state index is 11.6. The average molecular weight is 308 g/mol. The number of hydrogen-bond acceptors (Lipinski definition) is 4. The minimum absolute atomic E-state index is 0.0569. The van der Waals surface area contributed by atoms with Crippen LogP contribution in [0.1, 0.15) is 12.0 Å². The topological polar surface area (TPSA) is 61.4 Å². The van der Waals surface area contributed by atoms with E-state index in [0.29, 0.717) is 16.1 Å². The molecule has 0 amide bonds. The first-order chi connectivity index (χ1) is 9.93. The van der Waals surface area contributed by atoms with Gasteiger partial charge in [0.1, 0.15) is 5.52 Å². The molecule has 5 nitrogen and oxygen atoms in total. The van der Waals surface area contributed by atoms with Crippen molar-refractivity contribution >= 4 is 34.2 Å². The molecule has 1 saturated carbocycles. The molecule has 110 valence electrons. The predicted octanol–water partition coefficient (Wildman–Crippen LogP) is 2.61. The summed E-state index contributed by atoms with van der Waals surface area (Å²) in [4.78, 5) is 23.0. The van der Waals surface area contributed by atoms with Crippen LogP contribution in [0.25, 0.3) is 16.7 Å². The summed E-state index contributed by atoms with van der Waals surface area (Å²) in [6.07, 6.45) is 0.722. The molecule has 0 bridgehead atoms. The highest BCUT2D eigenvalue weighted by atomic mass is 35.5. The molecule has 1 heterocycles. The first-order valence-corrected chi connectivity index (χ1v) is 6.88. The van der Waals surface area contributed by atoms with Gasteiger partial charge < -0.3 is 9.15 Å². The van der Waals surface area contributed by atoms with Crippen molar-refractivity contribution in [3.8, 4) is 0 Å². The monoisotopic (exact) mass is 307 g/mol. The summed E-state index contributed by atoms with van der Waals surface area (Å²) in [5.41, 5.74) is 2.55. The summed E-state index contributed by atoms with van der Waals surface area (Å²) in [6.45, 7) is 4.04. The van der Waals surface area contributed by atoms with Crippen LogP contribution in [0, 0.1) is 11.8 Å². The molecule has 2 atom stereocenters. The Balaban J connectivity index is 1.97. The number of methoxy groups -OCH3 is 1. The quantitative estimate of drug-likeness (QED) is 0.818. The summed E-state index contributed by atoms with van der Waals surface area (Å²) in [5.74, 6) is -0.769. The lowest BCUT2D eigenvalue weighted by Crippen LogP contribution is -2.08. The van der Waals surface area contributed by atoms with Gasteiger partial charge in [-0.05, 0) is 35.6 Å². The molecule has 0 spiro atoms. The Morgan fingerprint density at radius 3 is 2.86 bits per heavy atom. The van der Waals surface area contributed by atoms with Crippen LogP contribution in [0.4, 0.5) is 0 Å². The molecule has 1 fully saturated rings. The standard InChI is InChI=1S/C15H14ClNO4/c1-7(9-6-10(9)14(18)20-3)8-4-11(16)13-12(5-8)21-15(19)17(13)2/h4-5,9-10H,1,6H2,2-3H3/t9-,10+/m1/s1. The van der Waals surface area contributed by atoms with E-state index >= 15 is 0 Å². The van der Waals surface area contributed by atoms with Crippen molar-refractivity contribution in [2.24, 2.45) is 18.9 Å². The van der Waals surface area contributed by atoms with Gasteiger partial charge in [0, 0.05) is 7.05 Å². The maximum atomic E-state index is 11.6. The number of carbonyl (C=O) groups is 1. The molecule has 1 aliphatic rings. The van der Waals surface area contributed by atoms with Gasteiger partial charge in [0.2, 0.25) is 0 Å². The summed E-state index contributed by atoms with van der Waals surface area (Å²) < 4.78 is 11.3. The predicted molar refractivity (Wildman–Crippen MR) is 79.1 cm³/mol. The second-order valence-electron chi connectivity index (χ2n) is 5.23. The second-order valence-corrected chi connectivity index (χ2v) is 5.64. The van der Waals surface area contributed by atoms with Gasteiger partial charge in [-0.1, -0.05) is 18.2 Å². The number of benzene rings is 1. The first kappa shape index (κ1) is 13.9. The second kappa shape index (κ2) is 4.77. The van der Waals surface area contributed by atoms with Gasteiger partial charge in [-0.3, -0.25) is 9.36 Å². The molecule has 0 saturated heterocycles. The van der Waals surface area contributed by atoms with Gasteiger partial charge in [0.15, 0.2) is 5.58 Å². The van der Waals surface area contributed by atoms with Crippen molar-refractivity contribution in [2.45, 2.75) is 6.42 Å². The third-order valence-electron chi connectivity index (χ3n) is 3.95. The fraction of sp³-hybridized carbons (Fsp3) is 0.333. The molecular weight excluding hydrogens is 294 g/mol. The highest BCUT2D eigenvalue weighted by Gasteiger charge is 2.45. The van der Waals surface area contributed by atoms with Gasteiger partial charge in [-0.25, -0.2) is 4.79 Å². The minimum atomic E-state index is -0.464. The van der Waals surface area contributed by atoms with Crippen LogP contribution >= 0.6 is 11.6 Å². The van der Waals surface area contributed by atoms with E-state index in [1.165, 1.54) is 11.7 Å². The highest BCUT2D eigenvalue weighted by Crippen LogP contribution is 2.48. The smallest absolute Gasteiger partial charge is 0.419 e. The number of carbonyl (C=O) groups excluding carboxylic acids is 1. The lowest BCUT2D eigenvalue weighted by atomic mass is 10.0. The lowest BCUT2D eigenvalue weighted by molar-refractivity contribution is -0.142. The van der Waals surface area contributed by atoms with Gasteiger partial charge in [-0.2, -0.15) is 0 Å². The van der Waals surface area contributed by atoms with Gasteiger partial charge in [0.25, 0.3) is 0 Å². The number of fused-ring (bicyclic) bond motifs is 1. The first-order valence-electron chi connectivity index (χ1n) is 6.50. The van der Waals surface area contributed by atoms with Crippen molar-refractivity contribution in [3.05, 3.63) is 39.8 Å². The van der Waals surface area contributed by atoms with E-state index in [-0.39, 0.29) is 17.8 Å². The molecule has 1 aliphatic carbocycles. The zero-order chi connectivity index (χ0) is 15.3. The van der Waals surface area contributed by atoms with E-state index in [1.54, 1.807) is 19.2 Å². The SMILES string of the molecule is C=C(c1cc(Cl)c2c(c1)oc(=O)n2C)[C@H]1C[C@@H]1C(=O)OC. The molecule has 6 heteroatoms. The fourth-order valence-electron chi connectivity index (χ4n) is 2.62. The van der Waals surface area contributed by atoms with Crippen molar-refractivity contribution in [1.82, 2.24) is 4.57 Å². The molecule has 0 unspecified atom stereocenters. The highest BCUT2D eigenvalue weighted by molar-refractivity contribution is 6.35. The van der Waals surface area contributed by atoms with Crippen LogP contribution < -0.4 is 5.76 Å². The van der Waals surface area contributed by atoms with Crippen LogP contribution in [0.2, 0.25) is 5.02 Å². The number of esters is 1. The molecule has 21 heavy (non-hydrogen) atoms. The Morgan fingerprint density at radius 2 is 2.19 bits per heavy atom. The number of halogens is 1. The summed E-state index contributed by atoms with van der Waals surface area (Å²) in [6, 6.07) is 3.48. The summed E-state index contributed by atoms with van der Waals surface area (Å²) in [7, 11) is 2.98. The van der Waals surface area contributed by atoms with Crippen LogP contribution in [0.3, 0.4) is 0 Å². The van der Waals surface area contributed by atoms with Crippen LogP contribution in [0.15, 0.2) is 27.9 Å². The Morgan fingerprint density at radius 1 is 1.48 bits per heavy atom. The molecule has 1 aromatic heterocycles. The number of aromatic nitrogens is 1. The molecule has 1 aromatic carbocycles. The van der Waals surface area contributed by atoms with Crippen LogP contribution in [-0.2, 0) is 16.6 Å². The van der Waals surface area contributed by atoms with Crippen molar-refractivity contribution < 1.29 is 13.9 Å².